The molecule has 0 fully saturated rings. The first-order valence-electron chi connectivity index (χ1n) is 7.85. The largest absolute Gasteiger partial charge is 0.369 e. The van der Waals surface area contributed by atoms with E-state index in [1.807, 2.05) is 39.4 Å². The number of nitrogens with zero attached hydrogens (tertiary/aromatic N) is 4. The Kier molecular flexibility index (Phi) is 3.97. The van der Waals surface area contributed by atoms with Crippen LogP contribution in [0.5, 0.6) is 0 Å². The summed E-state index contributed by atoms with van der Waals surface area (Å²) in [6, 6.07) is 0. The van der Waals surface area contributed by atoms with Gasteiger partial charge in [0.15, 0.2) is 5.69 Å². The zero-order valence-corrected chi connectivity index (χ0v) is 14.3. The van der Waals surface area contributed by atoms with Gasteiger partial charge in [-0.1, -0.05) is 0 Å². The van der Waals surface area contributed by atoms with Crippen LogP contribution in [0.1, 0.15) is 53.2 Å². The maximum absolute atomic E-state index is 12.6. The van der Waals surface area contributed by atoms with E-state index in [1.165, 1.54) is 0 Å². The molecule has 2 aromatic heterocycles. The van der Waals surface area contributed by atoms with Crippen LogP contribution in [0.25, 0.3) is 0 Å². The SMILES string of the molecule is Cc1ncc(CNC(=O)c2nn(C)c3c2C[C@@H](C)O[C@H]3C)n1C. The summed E-state index contributed by atoms with van der Waals surface area (Å²) in [5.41, 5.74) is 3.45. The van der Waals surface area contributed by atoms with Crippen LogP contribution in [0.2, 0.25) is 0 Å². The summed E-state index contributed by atoms with van der Waals surface area (Å²) in [6.07, 6.45) is 2.53. The van der Waals surface area contributed by atoms with Gasteiger partial charge < -0.3 is 14.6 Å². The Hall–Kier alpha value is -2.15. The number of imidazole rings is 1. The topological polar surface area (TPSA) is 74.0 Å². The van der Waals surface area contributed by atoms with Crippen LogP contribution in [-0.4, -0.2) is 31.3 Å². The zero-order valence-electron chi connectivity index (χ0n) is 14.3. The fourth-order valence-electron chi connectivity index (χ4n) is 3.19. The molecule has 0 saturated heterocycles. The molecule has 1 aliphatic rings. The number of aromatic nitrogens is 4. The first-order valence-corrected chi connectivity index (χ1v) is 7.85. The molecular weight excluding hydrogens is 294 g/mol. The minimum Gasteiger partial charge on any atom is -0.369 e. The Balaban J connectivity index is 1.81. The molecule has 1 N–H and O–H groups in total. The van der Waals surface area contributed by atoms with Gasteiger partial charge in [-0.15, -0.1) is 0 Å². The van der Waals surface area contributed by atoms with Crippen LogP contribution in [0, 0.1) is 6.92 Å². The van der Waals surface area contributed by atoms with Crippen molar-refractivity contribution in [3.63, 3.8) is 0 Å². The molecule has 2 atom stereocenters. The molecule has 3 rings (SSSR count). The van der Waals surface area contributed by atoms with Crippen LogP contribution in [0.15, 0.2) is 6.20 Å². The van der Waals surface area contributed by atoms with E-state index in [0.717, 1.165) is 22.8 Å². The Morgan fingerprint density at radius 2 is 2.17 bits per heavy atom. The summed E-state index contributed by atoms with van der Waals surface area (Å²) in [6.45, 7) is 6.38. The van der Waals surface area contributed by atoms with Crippen molar-refractivity contribution < 1.29 is 9.53 Å². The number of carbonyl (C=O) groups is 1. The first-order chi connectivity index (χ1) is 10.9. The highest BCUT2D eigenvalue weighted by molar-refractivity contribution is 5.94. The summed E-state index contributed by atoms with van der Waals surface area (Å²) in [5.74, 6) is 0.770. The molecule has 0 aromatic carbocycles. The number of hydrogen-bond acceptors (Lipinski definition) is 4. The number of fused-ring (bicyclic) bond motifs is 1. The van der Waals surface area contributed by atoms with E-state index >= 15 is 0 Å². The Morgan fingerprint density at radius 1 is 1.43 bits per heavy atom. The van der Waals surface area contributed by atoms with E-state index < -0.39 is 0 Å². The number of nitrogens with one attached hydrogen (secondary N) is 1. The molecule has 1 aliphatic heterocycles. The van der Waals surface area contributed by atoms with E-state index in [-0.39, 0.29) is 18.1 Å². The van der Waals surface area contributed by atoms with E-state index in [1.54, 1.807) is 10.9 Å². The van der Waals surface area contributed by atoms with Crippen LogP contribution >= 0.6 is 0 Å². The summed E-state index contributed by atoms with van der Waals surface area (Å²) in [7, 11) is 3.79. The minimum absolute atomic E-state index is 0.0486. The van der Waals surface area contributed by atoms with Gasteiger partial charge in [-0.3, -0.25) is 9.48 Å². The quantitative estimate of drug-likeness (QED) is 0.929. The molecule has 2 aromatic rings. The van der Waals surface area contributed by atoms with Crippen LogP contribution in [0.3, 0.4) is 0 Å². The molecule has 7 nitrogen and oxygen atoms in total. The molecule has 1 amide bonds. The van der Waals surface area contributed by atoms with Gasteiger partial charge in [-0.2, -0.15) is 5.10 Å². The molecule has 0 spiro atoms. The smallest absolute Gasteiger partial charge is 0.272 e. The van der Waals surface area contributed by atoms with Crippen molar-refractivity contribution in [3.8, 4) is 0 Å². The molecule has 7 heteroatoms. The van der Waals surface area contributed by atoms with Crippen molar-refractivity contribution in [1.82, 2.24) is 24.6 Å². The number of hydrogen-bond donors (Lipinski definition) is 1. The third kappa shape index (κ3) is 2.76. The standard InChI is InChI=1S/C16H23N5O2/c1-9-6-13-14(19-21(5)15(13)10(2)23-9)16(22)18-8-12-7-17-11(3)20(12)4/h7,9-10H,6,8H2,1-5H3,(H,18,22)/t9-,10+/m1/s1. The predicted octanol–water partition coefficient (Wildman–Crippen LogP) is 1.41. The summed E-state index contributed by atoms with van der Waals surface area (Å²) >= 11 is 0. The van der Waals surface area contributed by atoms with Crippen molar-refractivity contribution in [2.24, 2.45) is 14.1 Å². The Bertz CT molecular complexity index is 746. The minimum atomic E-state index is -0.151. The second-order valence-electron chi connectivity index (χ2n) is 6.17. The molecule has 0 saturated carbocycles. The molecular formula is C16H23N5O2. The monoisotopic (exact) mass is 317 g/mol. The van der Waals surface area contributed by atoms with Crippen molar-refractivity contribution in [2.75, 3.05) is 0 Å². The summed E-state index contributed by atoms with van der Waals surface area (Å²) in [4.78, 5) is 16.8. The Morgan fingerprint density at radius 3 is 2.83 bits per heavy atom. The number of aryl methyl sites for hydroxylation is 2. The maximum atomic E-state index is 12.6. The molecule has 0 unspecified atom stereocenters. The van der Waals surface area contributed by atoms with Gasteiger partial charge in [-0.25, -0.2) is 4.98 Å². The highest BCUT2D eigenvalue weighted by atomic mass is 16.5. The number of ether oxygens (including phenoxy) is 1. The molecule has 0 radical (unpaired) electrons. The fourth-order valence-corrected chi connectivity index (χ4v) is 3.19. The second kappa shape index (κ2) is 5.81. The fraction of sp³-hybridized carbons (Fsp3) is 0.562. The lowest BCUT2D eigenvalue weighted by Gasteiger charge is -2.26. The number of amides is 1. The lowest BCUT2D eigenvalue weighted by Crippen LogP contribution is -2.28. The van der Waals surface area contributed by atoms with Gasteiger partial charge in [0.05, 0.1) is 36.3 Å². The van der Waals surface area contributed by atoms with E-state index in [4.69, 9.17) is 4.74 Å². The van der Waals surface area contributed by atoms with Gasteiger partial charge in [0.2, 0.25) is 0 Å². The molecule has 124 valence electrons. The Labute approximate surface area is 135 Å². The van der Waals surface area contributed by atoms with Gasteiger partial charge in [-0.05, 0) is 20.8 Å². The van der Waals surface area contributed by atoms with Crippen molar-refractivity contribution in [2.45, 2.75) is 45.9 Å². The van der Waals surface area contributed by atoms with Crippen molar-refractivity contribution in [3.05, 3.63) is 34.7 Å². The molecule has 0 aliphatic carbocycles. The van der Waals surface area contributed by atoms with Crippen molar-refractivity contribution >= 4 is 5.91 Å². The summed E-state index contributed by atoms with van der Waals surface area (Å²) < 4.78 is 9.55. The van der Waals surface area contributed by atoms with Crippen LogP contribution in [-0.2, 0) is 31.8 Å². The highest BCUT2D eigenvalue weighted by Gasteiger charge is 2.31. The van der Waals surface area contributed by atoms with E-state index in [0.29, 0.717) is 18.7 Å². The highest BCUT2D eigenvalue weighted by Crippen LogP contribution is 2.31. The lowest BCUT2D eigenvalue weighted by molar-refractivity contribution is -0.00903. The molecule has 23 heavy (non-hydrogen) atoms. The van der Waals surface area contributed by atoms with Crippen LogP contribution < -0.4 is 5.32 Å². The third-order valence-corrected chi connectivity index (χ3v) is 4.47. The second-order valence-corrected chi connectivity index (χ2v) is 6.17. The summed E-state index contributed by atoms with van der Waals surface area (Å²) in [5, 5.41) is 7.37. The maximum Gasteiger partial charge on any atom is 0.272 e. The zero-order chi connectivity index (χ0) is 16.7. The number of rotatable bonds is 3. The van der Waals surface area contributed by atoms with Gasteiger partial charge >= 0.3 is 0 Å². The van der Waals surface area contributed by atoms with Crippen molar-refractivity contribution in [1.29, 1.82) is 0 Å². The molecule has 0 bridgehead atoms. The van der Waals surface area contributed by atoms with E-state index in [2.05, 4.69) is 15.4 Å². The molecule has 3 heterocycles. The average Bonchev–Trinajstić information content (AvgIpc) is 2.98. The van der Waals surface area contributed by atoms with Crippen LogP contribution in [0.4, 0.5) is 0 Å². The number of carbonyl (C=O) groups excluding carboxylic acids is 1. The van der Waals surface area contributed by atoms with Gasteiger partial charge in [0.25, 0.3) is 5.91 Å². The predicted molar refractivity (Wildman–Crippen MR) is 85.0 cm³/mol. The normalized spacial score (nSPS) is 20.4. The van der Waals surface area contributed by atoms with E-state index in [9.17, 15) is 4.79 Å². The first kappa shape index (κ1) is 15.7. The lowest BCUT2D eigenvalue weighted by atomic mass is 9.99. The third-order valence-electron chi connectivity index (χ3n) is 4.47. The van der Waals surface area contributed by atoms with Gasteiger partial charge in [0.1, 0.15) is 5.82 Å². The average molecular weight is 317 g/mol. The van der Waals surface area contributed by atoms with Gasteiger partial charge in [0, 0.05) is 26.1 Å².